The van der Waals surface area contributed by atoms with Gasteiger partial charge < -0.3 is 15.5 Å². The Morgan fingerprint density at radius 2 is 1.89 bits per heavy atom. The van der Waals surface area contributed by atoms with Crippen LogP contribution >= 0.6 is 27.7 Å². The summed E-state index contributed by atoms with van der Waals surface area (Å²) in [5.41, 5.74) is 1.52. The third-order valence-electron chi connectivity index (χ3n) is 7.06. The first kappa shape index (κ1) is 23.0. The molecule has 0 aliphatic carbocycles. The molecule has 1 unspecified atom stereocenters. The molecule has 0 radical (unpaired) electrons. The lowest BCUT2D eigenvalue weighted by molar-refractivity contribution is -0.113. The number of halogens is 1. The number of piperidine rings is 1. The van der Waals surface area contributed by atoms with Gasteiger partial charge in [-0.05, 0) is 60.1 Å². The number of likely N-dealkylation sites (tertiary alicyclic amines) is 1. The van der Waals surface area contributed by atoms with Crippen molar-refractivity contribution in [3.8, 4) is 0 Å². The summed E-state index contributed by atoms with van der Waals surface area (Å²) in [6, 6.07) is 9.14. The monoisotopic (exact) mass is 556 g/mol. The van der Waals surface area contributed by atoms with Gasteiger partial charge in [-0.2, -0.15) is 0 Å². The highest BCUT2D eigenvalue weighted by molar-refractivity contribution is 9.10. The number of carbonyl (C=O) groups is 1. The number of pyridine rings is 3. The third kappa shape index (κ3) is 4.35. The van der Waals surface area contributed by atoms with Crippen molar-refractivity contribution in [2.45, 2.75) is 42.9 Å². The molecule has 2 N–H and O–H groups in total. The van der Waals surface area contributed by atoms with Gasteiger partial charge in [0.05, 0.1) is 22.4 Å². The van der Waals surface area contributed by atoms with Crippen LogP contribution in [0.4, 0.5) is 5.82 Å². The smallest absolute Gasteiger partial charge is 0.252 e. The van der Waals surface area contributed by atoms with Gasteiger partial charge in [-0.1, -0.05) is 0 Å². The number of anilines is 1. The quantitative estimate of drug-likeness (QED) is 0.496. The highest BCUT2D eigenvalue weighted by Gasteiger charge is 2.29. The van der Waals surface area contributed by atoms with E-state index in [0.717, 1.165) is 58.6 Å². The Morgan fingerprint density at radius 1 is 1.11 bits per heavy atom. The molecule has 182 valence electrons. The molecule has 6 heterocycles. The maximum absolute atomic E-state index is 12.7. The highest BCUT2D eigenvalue weighted by Crippen LogP contribution is 2.33. The zero-order chi connectivity index (χ0) is 24.1. The van der Waals surface area contributed by atoms with Gasteiger partial charge >= 0.3 is 0 Å². The van der Waals surface area contributed by atoms with E-state index in [1.165, 1.54) is 11.8 Å². The summed E-state index contributed by atoms with van der Waals surface area (Å²) in [6.45, 7) is 3.77. The molecule has 1 atom stereocenters. The van der Waals surface area contributed by atoms with Crippen molar-refractivity contribution in [1.82, 2.24) is 24.3 Å². The van der Waals surface area contributed by atoms with Crippen LogP contribution < -0.4 is 21.8 Å². The first-order valence-corrected chi connectivity index (χ1v) is 13.6. The third-order valence-corrected chi connectivity index (χ3v) is 8.78. The molecule has 0 bridgehead atoms. The van der Waals surface area contributed by atoms with Gasteiger partial charge in [0.25, 0.3) is 11.1 Å². The SMILES string of the molecule is O=C1CSc2cc(Br)c(CNC3CCN(CC4Cn5c(=O)ccc6ccc(=O)n4c65)CC3)nc2N1. The molecule has 3 aliphatic rings. The van der Waals surface area contributed by atoms with Crippen molar-refractivity contribution in [2.75, 3.05) is 30.7 Å². The molecule has 35 heavy (non-hydrogen) atoms. The number of carbonyl (C=O) groups excluding carboxylic acids is 1. The van der Waals surface area contributed by atoms with E-state index in [-0.39, 0.29) is 23.1 Å². The van der Waals surface area contributed by atoms with Crippen molar-refractivity contribution >= 4 is 50.5 Å². The van der Waals surface area contributed by atoms with E-state index in [2.05, 4.69) is 36.4 Å². The standard InChI is InChI=1S/C24H25BrN6O3S/c25-17-9-19-23(28-20(32)13-35-19)27-18(17)10-26-15-5-7-29(8-6-15)11-16-12-30-21(33)3-1-14-2-4-22(34)31(16)24(14)30/h1-4,9,15-16,26H,5-8,10-13H2,(H,27,28,32). The number of rotatable bonds is 5. The zero-order valence-electron chi connectivity index (χ0n) is 19.0. The number of nitrogens with one attached hydrogen (secondary N) is 2. The average Bonchev–Trinajstić information content (AvgIpc) is 3.24. The fourth-order valence-corrected chi connectivity index (χ4v) is 6.70. The second-order valence-corrected chi connectivity index (χ2v) is 11.2. The van der Waals surface area contributed by atoms with E-state index < -0.39 is 0 Å². The molecule has 1 amide bonds. The maximum atomic E-state index is 12.7. The molecule has 1 saturated heterocycles. The number of nitrogens with zero attached hydrogens (tertiary/aromatic N) is 4. The van der Waals surface area contributed by atoms with Crippen LogP contribution in [-0.2, 0) is 17.9 Å². The zero-order valence-corrected chi connectivity index (χ0v) is 21.4. The fraction of sp³-hybridized carbons (Fsp3) is 0.417. The Morgan fingerprint density at radius 3 is 2.69 bits per heavy atom. The summed E-state index contributed by atoms with van der Waals surface area (Å²) in [5.74, 6) is 1.05. The number of thioether (sulfide) groups is 1. The van der Waals surface area contributed by atoms with Crippen LogP contribution in [0.5, 0.6) is 0 Å². The summed E-state index contributed by atoms with van der Waals surface area (Å²) in [7, 11) is 0. The molecule has 3 aromatic heterocycles. The lowest BCUT2D eigenvalue weighted by atomic mass is 10.0. The van der Waals surface area contributed by atoms with E-state index in [9.17, 15) is 14.4 Å². The number of fused-ring (bicyclic) bond motifs is 1. The molecule has 0 saturated carbocycles. The largest absolute Gasteiger partial charge is 0.309 e. The number of aromatic nitrogens is 3. The Kier molecular flexibility index (Phi) is 6.03. The van der Waals surface area contributed by atoms with Crippen molar-refractivity contribution in [2.24, 2.45) is 0 Å². The molecule has 3 aliphatic heterocycles. The minimum Gasteiger partial charge on any atom is -0.309 e. The fourth-order valence-electron chi connectivity index (χ4n) is 5.30. The topological polar surface area (TPSA) is 101 Å². The second-order valence-electron chi connectivity index (χ2n) is 9.31. The van der Waals surface area contributed by atoms with Crippen LogP contribution in [0.3, 0.4) is 0 Å². The van der Waals surface area contributed by atoms with E-state index in [4.69, 9.17) is 0 Å². The van der Waals surface area contributed by atoms with Crippen molar-refractivity contribution in [3.63, 3.8) is 0 Å². The summed E-state index contributed by atoms with van der Waals surface area (Å²) in [5, 5.41) is 7.40. The summed E-state index contributed by atoms with van der Waals surface area (Å²) >= 11 is 5.12. The molecule has 9 nitrogen and oxygen atoms in total. The lowest BCUT2D eigenvalue weighted by Gasteiger charge is -2.34. The molecule has 0 aromatic carbocycles. The molecule has 0 spiro atoms. The van der Waals surface area contributed by atoms with Gasteiger partial charge in [-0.15, -0.1) is 11.8 Å². The summed E-state index contributed by atoms with van der Waals surface area (Å²) in [6.07, 6.45) is 1.99. The highest BCUT2D eigenvalue weighted by atomic mass is 79.9. The van der Waals surface area contributed by atoms with Crippen LogP contribution in [-0.4, -0.2) is 56.4 Å². The van der Waals surface area contributed by atoms with Crippen LogP contribution in [0.2, 0.25) is 0 Å². The summed E-state index contributed by atoms with van der Waals surface area (Å²) in [4.78, 5) is 44.8. The predicted octanol–water partition coefficient (Wildman–Crippen LogP) is 2.17. The molecular formula is C24H25BrN6O3S. The Labute approximate surface area is 214 Å². The minimum absolute atomic E-state index is 0.0164. The number of amides is 1. The number of hydrogen-bond acceptors (Lipinski definition) is 7. The molecule has 3 aromatic rings. The normalized spacial score (nSPS) is 20.3. The average molecular weight is 557 g/mol. The van der Waals surface area contributed by atoms with E-state index in [0.29, 0.717) is 30.7 Å². The van der Waals surface area contributed by atoms with Crippen LogP contribution in [0.1, 0.15) is 24.6 Å². The lowest BCUT2D eigenvalue weighted by Crippen LogP contribution is -2.44. The summed E-state index contributed by atoms with van der Waals surface area (Å²) < 4.78 is 4.48. The van der Waals surface area contributed by atoms with E-state index in [1.807, 2.05) is 6.07 Å². The van der Waals surface area contributed by atoms with Crippen molar-refractivity contribution < 1.29 is 4.79 Å². The van der Waals surface area contributed by atoms with E-state index >= 15 is 0 Å². The van der Waals surface area contributed by atoms with Crippen molar-refractivity contribution in [1.29, 1.82) is 0 Å². The molecular weight excluding hydrogens is 532 g/mol. The van der Waals surface area contributed by atoms with Gasteiger partial charge in [0.1, 0.15) is 11.5 Å². The van der Waals surface area contributed by atoms with Gasteiger partial charge in [0.15, 0.2) is 0 Å². The Bertz CT molecular complexity index is 1440. The number of hydrogen-bond donors (Lipinski definition) is 2. The van der Waals surface area contributed by atoms with Gasteiger partial charge in [-0.25, -0.2) is 4.98 Å². The van der Waals surface area contributed by atoms with Crippen LogP contribution in [0.25, 0.3) is 11.0 Å². The second kappa shape index (κ2) is 9.20. The maximum Gasteiger partial charge on any atom is 0.252 e. The Hall–Kier alpha value is -2.47. The van der Waals surface area contributed by atoms with Gasteiger partial charge in [0.2, 0.25) is 5.91 Å². The van der Waals surface area contributed by atoms with E-state index in [1.54, 1.807) is 33.4 Å². The van der Waals surface area contributed by atoms with Gasteiger partial charge in [-0.3, -0.25) is 23.5 Å². The molecule has 6 rings (SSSR count). The first-order valence-electron chi connectivity index (χ1n) is 11.8. The first-order chi connectivity index (χ1) is 17.0. The van der Waals surface area contributed by atoms with Crippen molar-refractivity contribution in [3.05, 3.63) is 61.2 Å². The molecule has 11 heteroatoms. The Balaban J connectivity index is 1.07. The molecule has 1 fully saturated rings. The van der Waals surface area contributed by atoms with Crippen LogP contribution in [0.15, 0.2) is 49.3 Å². The minimum atomic E-state index is -0.0534. The predicted molar refractivity (Wildman–Crippen MR) is 139 cm³/mol. The van der Waals surface area contributed by atoms with Gasteiger partial charge in [0, 0.05) is 47.7 Å². The van der Waals surface area contributed by atoms with Crippen LogP contribution in [0, 0.1) is 0 Å².